The highest BCUT2D eigenvalue weighted by molar-refractivity contribution is 5.75. The molecule has 16 heavy (non-hydrogen) atoms. The Morgan fingerprint density at radius 2 is 1.88 bits per heavy atom. The highest BCUT2D eigenvalue weighted by Gasteiger charge is 2.23. The third-order valence-corrected chi connectivity index (χ3v) is 2.17. The molecule has 0 bridgehead atoms. The van der Waals surface area contributed by atoms with E-state index in [1.807, 2.05) is 18.2 Å². The molecule has 0 aliphatic heterocycles. The van der Waals surface area contributed by atoms with Gasteiger partial charge in [-0.1, -0.05) is 30.3 Å². The molecule has 88 valence electrons. The second-order valence-corrected chi connectivity index (χ2v) is 4.77. The van der Waals surface area contributed by atoms with Crippen LogP contribution >= 0.6 is 0 Å². The van der Waals surface area contributed by atoms with Crippen molar-refractivity contribution >= 4 is 5.97 Å². The normalized spacial score (nSPS) is 13.2. The molecular weight excluding hydrogens is 204 g/mol. The van der Waals surface area contributed by atoms with Gasteiger partial charge in [-0.25, -0.2) is 0 Å². The van der Waals surface area contributed by atoms with Gasteiger partial charge in [0.25, 0.3) is 0 Å². The first-order valence-electron chi connectivity index (χ1n) is 5.31. The number of ether oxygens (including phenoxy) is 1. The third-order valence-electron chi connectivity index (χ3n) is 2.17. The van der Waals surface area contributed by atoms with Gasteiger partial charge in [0.1, 0.15) is 12.7 Å². The Kier molecular flexibility index (Phi) is 4.07. The lowest BCUT2D eigenvalue weighted by molar-refractivity contribution is -0.156. The van der Waals surface area contributed by atoms with Crippen molar-refractivity contribution in [1.29, 1.82) is 0 Å². The smallest absolute Gasteiger partial charge is 0.311 e. The molecule has 0 amide bonds. The summed E-state index contributed by atoms with van der Waals surface area (Å²) in [5.74, 6) is -0.303. The second kappa shape index (κ2) is 5.12. The summed E-state index contributed by atoms with van der Waals surface area (Å²) in [6.45, 7) is 5.35. The summed E-state index contributed by atoms with van der Waals surface area (Å²) >= 11 is 0. The Morgan fingerprint density at radius 3 is 2.38 bits per heavy atom. The molecule has 1 aromatic carbocycles. The quantitative estimate of drug-likeness (QED) is 0.798. The summed E-state index contributed by atoms with van der Waals surface area (Å²) in [5.41, 5.74) is 0.223. The first-order chi connectivity index (χ1) is 7.41. The van der Waals surface area contributed by atoms with Crippen molar-refractivity contribution in [3.63, 3.8) is 0 Å². The predicted molar refractivity (Wildman–Crippen MR) is 61.8 cm³/mol. The molecule has 0 radical (unpaired) electrons. The number of esters is 1. The molecule has 0 heterocycles. The lowest BCUT2D eigenvalue weighted by Gasteiger charge is -2.18. The van der Waals surface area contributed by atoms with E-state index in [2.05, 4.69) is 0 Å². The van der Waals surface area contributed by atoms with E-state index in [0.29, 0.717) is 0 Å². The molecule has 1 aromatic rings. The molecule has 0 saturated heterocycles. The molecule has 3 heteroatoms. The van der Waals surface area contributed by atoms with Gasteiger partial charge in [-0.05, 0) is 26.3 Å². The monoisotopic (exact) mass is 222 g/mol. The zero-order valence-corrected chi connectivity index (χ0v) is 9.93. The number of carbonyl (C=O) groups is 1. The van der Waals surface area contributed by atoms with Gasteiger partial charge in [0, 0.05) is 0 Å². The maximum absolute atomic E-state index is 11.5. The number of hydrogen-bond donors (Lipinski definition) is 1. The van der Waals surface area contributed by atoms with Crippen molar-refractivity contribution in [2.75, 3.05) is 6.61 Å². The van der Waals surface area contributed by atoms with Crippen molar-refractivity contribution in [3.8, 4) is 0 Å². The SMILES string of the molecule is CC(C)(C)C(=O)OC[C@H](O)c1ccccc1. The maximum Gasteiger partial charge on any atom is 0.311 e. The molecule has 1 rings (SSSR count). The Morgan fingerprint density at radius 1 is 1.31 bits per heavy atom. The average molecular weight is 222 g/mol. The molecule has 0 aliphatic carbocycles. The Balaban J connectivity index is 2.48. The highest BCUT2D eigenvalue weighted by atomic mass is 16.5. The average Bonchev–Trinajstić information content (AvgIpc) is 2.25. The third kappa shape index (κ3) is 3.66. The van der Waals surface area contributed by atoms with Crippen LogP contribution in [-0.4, -0.2) is 17.7 Å². The summed E-state index contributed by atoms with van der Waals surface area (Å²) in [4.78, 5) is 11.5. The molecule has 0 spiro atoms. The topological polar surface area (TPSA) is 46.5 Å². The summed E-state index contributed by atoms with van der Waals surface area (Å²) in [5, 5.41) is 9.76. The zero-order chi connectivity index (χ0) is 12.2. The van der Waals surface area contributed by atoms with Gasteiger partial charge in [0.05, 0.1) is 5.41 Å². The molecule has 0 unspecified atom stereocenters. The number of hydrogen-bond acceptors (Lipinski definition) is 3. The predicted octanol–water partition coefficient (Wildman–Crippen LogP) is 2.31. The van der Waals surface area contributed by atoms with Crippen LogP contribution in [0, 0.1) is 5.41 Å². The van der Waals surface area contributed by atoms with Gasteiger partial charge in [0.15, 0.2) is 0 Å². The van der Waals surface area contributed by atoms with E-state index in [9.17, 15) is 9.90 Å². The van der Waals surface area contributed by atoms with E-state index in [1.165, 1.54) is 0 Å². The fourth-order valence-corrected chi connectivity index (χ4v) is 1.14. The molecule has 1 N–H and O–H groups in total. The zero-order valence-electron chi connectivity index (χ0n) is 9.93. The largest absolute Gasteiger partial charge is 0.462 e. The first-order valence-corrected chi connectivity index (χ1v) is 5.31. The number of carbonyl (C=O) groups excluding carboxylic acids is 1. The maximum atomic E-state index is 11.5. The molecule has 1 atom stereocenters. The van der Waals surface area contributed by atoms with Crippen LogP contribution < -0.4 is 0 Å². The van der Waals surface area contributed by atoms with Crippen molar-refractivity contribution in [2.45, 2.75) is 26.9 Å². The minimum atomic E-state index is -0.757. The fraction of sp³-hybridized carbons (Fsp3) is 0.462. The highest BCUT2D eigenvalue weighted by Crippen LogP contribution is 2.18. The van der Waals surface area contributed by atoms with E-state index in [0.717, 1.165) is 5.56 Å². The van der Waals surface area contributed by atoms with Crippen molar-refractivity contribution < 1.29 is 14.6 Å². The van der Waals surface area contributed by atoms with Crippen LogP contribution in [0.5, 0.6) is 0 Å². The van der Waals surface area contributed by atoms with Gasteiger partial charge in [-0.3, -0.25) is 4.79 Å². The number of benzene rings is 1. The van der Waals surface area contributed by atoms with E-state index in [1.54, 1.807) is 32.9 Å². The van der Waals surface area contributed by atoms with E-state index < -0.39 is 11.5 Å². The van der Waals surface area contributed by atoms with E-state index in [4.69, 9.17) is 4.74 Å². The van der Waals surface area contributed by atoms with Gasteiger partial charge in [0.2, 0.25) is 0 Å². The van der Waals surface area contributed by atoms with Crippen LogP contribution in [0.3, 0.4) is 0 Å². The van der Waals surface area contributed by atoms with E-state index >= 15 is 0 Å². The van der Waals surface area contributed by atoms with Gasteiger partial charge in [-0.2, -0.15) is 0 Å². The number of aliphatic hydroxyl groups is 1. The number of rotatable bonds is 3. The van der Waals surface area contributed by atoms with E-state index in [-0.39, 0.29) is 12.6 Å². The molecule has 0 aromatic heterocycles. The fourth-order valence-electron chi connectivity index (χ4n) is 1.14. The second-order valence-electron chi connectivity index (χ2n) is 4.77. The van der Waals surface area contributed by atoms with Crippen molar-refractivity contribution in [3.05, 3.63) is 35.9 Å². The van der Waals surface area contributed by atoms with Gasteiger partial charge in [-0.15, -0.1) is 0 Å². The van der Waals surface area contributed by atoms with Crippen LogP contribution in [0.4, 0.5) is 0 Å². The van der Waals surface area contributed by atoms with Crippen LogP contribution in [-0.2, 0) is 9.53 Å². The molecule has 0 fully saturated rings. The molecular formula is C13H18O3. The molecule has 3 nitrogen and oxygen atoms in total. The van der Waals surface area contributed by atoms with Crippen LogP contribution in [0.1, 0.15) is 32.4 Å². The first kappa shape index (κ1) is 12.7. The Labute approximate surface area is 96.1 Å². The molecule has 0 aliphatic rings. The lowest BCUT2D eigenvalue weighted by atomic mass is 9.97. The Hall–Kier alpha value is -1.35. The summed E-state index contributed by atoms with van der Waals surface area (Å²) in [6, 6.07) is 9.15. The molecule has 0 saturated carbocycles. The summed E-state index contributed by atoms with van der Waals surface area (Å²) in [6.07, 6.45) is -0.757. The van der Waals surface area contributed by atoms with Gasteiger partial charge >= 0.3 is 5.97 Å². The lowest BCUT2D eigenvalue weighted by Crippen LogP contribution is -2.25. The standard InChI is InChI=1S/C13H18O3/c1-13(2,3)12(15)16-9-11(14)10-7-5-4-6-8-10/h4-8,11,14H,9H2,1-3H3/t11-/m0/s1. The van der Waals surface area contributed by atoms with Crippen LogP contribution in [0.2, 0.25) is 0 Å². The number of aliphatic hydroxyl groups excluding tert-OH is 1. The minimum Gasteiger partial charge on any atom is -0.462 e. The van der Waals surface area contributed by atoms with Crippen molar-refractivity contribution in [2.24, 2.45) is 5.41 Å². The van der Waals surface area contributed by atoms with Crippen LogP contribution in [0.25, 0.3) is 0 Å². The van der Waals surface area contributed by atoms with Crippen LogP contribution in [0.15, 0.2) is 30.3 Å². The summed E-state index contributed by atoms with van der Waals surface area (Å²) in [7, 11) is 0. The van der Waals surface area contributed by atoms with Gasteiger partial charge < -0.3 is 9.84 Å². The van der Waals surface area contributed by atoms with Crippen molar-refractivity contribution in [1.82, 2.24) is 0 Å². The summed E-state index contributed by atoms with van der Waals surface area (Å²) < 4.78 is 5.03. The minimum absolute atomic E-state index is 0.000116. The Bertz CT molecular complexity index is 338.